The first-order valence-corrected chi connectivity index (χ1v) is 10.0. The Hall–Kier alpha value is -0.830. The number of alkyl halides is 1. The molecule has 0 aliphatic rings. The zero-order valence-electron chi connectivity index (χ0n) is 11.8. The number of hydrogen-bond acceptors (Lipinski definition) is 4. The van der Waals surface area contributed by atoms with Crippen LogP contribution in [-0.2, 0) is 20.0 Å². The van der Waals surface area contributed by atoms with Crippen LogP contribution in [0.5, 0.6) is 0 Å². The van der Waals surface area contributed by atoms with Crippen LogP contribution < -0.4 is 9.44 Å². The molecule has 120 valence electrons. The van der Waals surface area contributed by atoms with Crippen LogP contribution in [0.2, 0.25) is 0 Å². The first-order chi connectivity index (χ1) is 9.66. The number of hydrogen-bond donors (Lipinski definition) is 2. The molecule has 0 bridgehead atoms. The van der Waals surface area contributed by atoms with Gasteiger partial charge in [0.25, 0.3) is 0 Å². The molecule has 21 heavy (non-hydrogen) atoms. The Kier molecular flexibility index (Phi) is 6.45. The lowest BCUT2D eigenvalue weighted by atomic mass is 10.3. The van der Waals surface area contributed by atoms with Gasteiger partial charge in [0.2, 0.25) is 20.0 Å². The Morgan fingerprint density at radius 2 is 1.67 bits per heavy atom. The molecule has 0 aromatic heterocycles. The minimum absolute atomic E-state index is 0.0779. The summed E-state index contributed by atoms with van der Waals surface area (Å²) in [5.41, 5.74) is 0.313. The molecule has 1 aromatic carbocycles. The fraction of sp³-hybridized carbons (Fsp3) is 0.500. The predicted octanol–water partition coefficient (Wildman–Crippen LogP) is 1.74. The molecular formula is C12H19ClN2O4S2. The zero-order valence-corrected chi connectivity index (χ0v) is 14.2. The monoisotopic (exact) mass is 354 g/mol. The molecular weight excluding hydrogens is 336 g/mol. The highest BCUT2D eigenvalue weighted by atomic mass is 35.5. The number of rotatable bonds is 8. The van der Waals surface area contributed by atoms with Crippen molar-refractivity contribution in [3.63, 3.8) is 0 Å². The van der Waals surface area contributed by atoms with Gasteiger partial charge in [0.1, 0.15) is 0 Å². The first kappa shape index (κ1) is 18.2. The molecule has 0 atom stereocenters. The van der Waals surface area contributed by atoms with E-state index < -0.39 is 20.0 Å². The topological polar surface area (TPSA) is 92.3 Å². The Balaban J connectivity index is 2.84. The van der Waals surface area contributed by atoms with Crippen LogP contribution >= 0.6 is 11.6 Å². The Morgan fingerprint density at radius 3 is 2.14 bits per heavy atom. The van der Waals surface area contributed by atoms with Gasteiger partial charge in [0.15, 0.2) is 0 Å². The van der Waals surface area contributed by atoms with Gasteiger partial charge in [0, 0.05) is 17.6 Å². The maximum Gasteiger partial charge on any atom is 0.240 e. The van der Waals surface area contributed by atoms with Crippen LogP contribution in [-0.4, -0.2) is 34.5 Å². The number of sulfonamides is 2. The lowest BCUT2D eigenvalue weighted by molar-refractivity contribution is 0.570. The van der Waals surface area contributed by atoms with E-state index in [9.17, 15) is 16.8 Å². The summed E-state index contributed by atoms with van der Waals surface area (Å²) in [6, 6.07) is 5.30. The van der Waals surface area contributed by atoms with Crippen LogP contribution in [0.15, 0.2) is 29.2 Å². The summed E-state index contributed by atoms with van der Waals surface area (Å²) in [5.74, 6) is 0.185. The molecule has 0 heterocycles. The van der Waals surface area contributed by atoms with Gasteiger partial charge in [-0.25, -0.2) is 21.6 Å². The van der Waals surface area contributed by atoms with Crippen LogP contribution in [0, 0.1) is 0 Å². The number of benzene rings is 1. The highest BCUT2D eigenvalue weighted by Gasteiger charge is 2.16. The smallest absolute Gasteiger partial charge is 0.240 e. The number of halogens is 1. The van der Waals surface area contributed by atoms with Crippen molar-refractivity contribution in [2.24, 2.45) is 0 Å². The summed E-state index contributed by atoms with van der Waals surface area (Å²) in [5, 5.41) is 0. The van der Waals surface area contributed by atoms with Crippen molar-refractivity contribution < 1.29 is 16.8 Å². The highest BCUT2D eigenvalue weighted by Crippen LogP contribution is 2.15. The summed E-state index contributed by atoms with van der Waals surface area (Å²) < 4.78 is 52.0. The van der Waals surface area contributed by atoms with Crippen molar-refractivity contribution in [1.82, 2.24) is 4.72 Å². The van der Waals surface area contributed by atoms with Crippen molar-refractivity contribution in [1.29, 1.82) is 0 Å². The number of nitrogens with one attached hydrogen (secondary N) is 2. The van der Waals surface area contributed by atoms with Gasteiger partial charge >= 0.3 is 0 Å². The van der Waals surface area contributed by atoms with E-state index in [2.05, 4.69) is 9.44 Å². The van der Waals surface area contributed by atoms with Crippen molar-refractivity contribution in [3.05, 3.63) is 24.3 Å². The Labute approximate surface area is 131 Å². The molecule has 0 saturated carbocycles. The van der Waals surface area contributed by atoms with E-state index in [1.54, 1.807) is 13.8 Å². The summed E-state index contributed by atoms with van der Waals surface area (Å²) in [6.45, 7) is 3.44. The lowest BCUT2D eigenvalue weighted by Gasteiger charge is -2.11. The minimum Gasteiger partial charge on any atom is -0.284 e. The fourth-order valence-corrected chi connectivity index (χ4v) is 4.22. The maximum absolute atomic E-state index is 11.9. The van der Waals surface area contributed by atoms with Gasteiger partial charge < -0.3 is 0 Å². The third-order valence-electron chi connectivity index (χ3n) is 2.38. The molecule has 0 aliphatic heterocycles. The van der Waals surface area contributed by atoms with E-state index in [1.807, 2.05) is 0 Å². The molecule has 1 aromatic rings. The van der Waals surface area contributed by atoms with Crippen LogP contribution in [0.1, 0.15) is 20.3 Å². The van der Waals surface area contributed by atoms with Crippen molar-refractivity contribution in [2.75, 3.05) is 16.4 Å². The molecule has 0 aliphatic carbocycles. The SMILES string of the molecule is CC(C)NS(=O)(=O)c1ccc(NS(=O)(=O)CCCCl)cc1. The molecule has 0 spiro atoms. The predicted molar refractivity (Wildman–Crippen MR) is 84.6 cm³/mol. The fourth-order valence-electron chi connectivity index (χ4n) is 1.56. The van der Waals surface area contributed by atoms with E-state index in [1.165, 1.54) is 24.3 Å². The molecule has 0 unspecified atom stereocenters. The first-order valence-electron chi connectivity index (χ1n) is 6.35. The second-order valence-electron chi connectivity index (χ2n) is 4.76. The number of anilines is 1. The molecule has 0 radical (unpaired) electrons. The van der Waals surface area contributed by atoms with Crippen LogP contribution in [0.3, 0.4) is 0 Å². The molecule has 0 amide bonds. The summed E-state index contributed by atoms with van der Waals surface area (Å²) in [6.07, 6.45) is 0.349. The van der Waals surface area contributed by atoms with Gasteiger partial charge in [-0.1, -0.05) is 0 Å². The molecule has 6 nitrogen and oxygen atoms in total. The average Bonchev–Trinajstić information content (AvgIpc) is 2.35. The normalized spacial score (nSPS) is 12.6. The molecule has 1 rings (SSSR count). The van der Waals surface area contributed by atoms with Gasteiger partial charge in [-0.15, -0.1) is 11.6 Å². The summed E-state index contributed by atoms with van der Waals surface area (Å²) in [7, 11) is -7.04. The average molecular weight is 355 g/mol. The largest absolute Gasteiger partial charge is 0.284 e. The van der Waals surface area contributed by atoms with Gasteiger partial charge in [-0.05, 0) is 44.5 Å². The zero-order chi connectivity index (χ0) is 16.1. The molecule has 9 heteroatoms. The maximum atomic E-state index is 11.9. The van der Waals surface area contributed by atoms with E-state index >= 15 is 0 Å². The van der Waals surface area contributed by atoms with Crippen molar-refractivity contribution in [3.8, 4) is 0 Å². The van der Waals surface area contributed by atoms with E-state index in [-0.39, 0.29) is 22.6 Å². The van der Waals surface area contributed by atoms with Crippen molar-refractivity contribution >= 4 is 37.3 Å². The van der Waals surface area contributed by atoms with Crippen molar-refractivity contribution in [2.45, 2.75) is 31.2 Å². The van der Waals surface area contributed by atoms with Gasteiger partial charge in [-0.3, -0.25) is 4.72 Å². The van der Waals surface area contributed by atoms with Crippen LogP contribution in [0.4, 0.5) is 5.69 Å². The molecule has 0 fully saturated rings. The van der Waals surface area contributed by atoms with Gasteiger partial charge in [0.05, 0.1) is 10.6 Å². The second kappa shape index (κ2) is 7.44. The minimum atomic E-state index is -3.58. The van der Waals surface area contributed by atoms with Gasteiger partial charge in [-0.2, -0.15) is 0 Å². The highest BCUT2D eigenvalue weighted by molar-refractivity contribution is 7.92. The van der Waals surface area contributed by atoms with E-state index in [0.29, 0.717) is 12.1 Å². The third kappa shape index (κ3) is 6.21. The standard InChI is InChI=1S/C12H19ClN2O4S2/c1-10(2)14-21(18,19)12-6-4-11(5-7-12)15-20(16,17)9-3-8-13/h4-7,10,14-15H,3,8-9H2,1-2H3. The Morgan fingerprint density at radius 1 is 1.10 bits per heavy atom. The Bertz CT molecular complexity index is 655. The summed E-state index contributed by atoms with van der Waals surface area (Å²) in [4.78, 5) is 0.0832. The van der Waals surface area contributed by atoms with E-state index in [4.69, 9.17) is 11.6 Å². The summed E-state index contributed by atoms with van der Waals surface area (Å²) >= 11 is 5.46. The quantitative estimate of drug-likeness (QED) is 0.695. The lowest BCUT2D eigenvalue weighted by Crippen LogP contribution is -2.30. The van der Waals surface area contributed by atoms with Crippen LogP contribution in [0.25, 0.3) is 0 Å². The third-order valence-corrected chi connectivity index (χ3v) is 5.69. The second-order valence-corrected chi connectivity index (χ2v) is 8.70. The molecule has 0 saturated heterocycles. The molecule has 2 N–H and O–H groups in total. The van der Waals surface area contributed by atoms with E-state index in [0.717, 1.165) is 0 Å².